The lowest BCUT2D eigenvalue weighted by Crippen LogP contribution is -2.49. The number of anilines is 1. The summed E-state index contributed by atoms with van der Waals surface area (Å²) in [6.45, 7) is 4.97. The first-order valence-corrected chi connectivity index (χ1v) is 8.39. The van der Waals surface area contributed by atoms with Crippen LogP contribution in [0.4, 0.5) is 19.3 Å². The molecule has 0 unspecified atom stereocenters. The molecule has 7 heteroatoms. The summed E-state index contributed by atoms with van der Waals surface area (Å²) >= 11 is 0. The van der Waals surface area contributed by atoms with Crippen molar-refractivity contribution in [3.05, 3.63) is 29.8 Å². The van der Waals surface area contributed by atoms with Crippen LogP contribution in [0.3, 0.4) is 0 Å². The Morgan fingerprint density at radius 2 is 2.08 bits per heavy atom. The Labute approximate surface area is 140 Å². The van der Waals surface area contributed by atoms with Crippen LogP contribution in [-0.2, 0) is 4.74 Å². The zero-order valence-corrected chi connectivity index (χ0v) is 13.8. The Kier molecular flexibility index (Phi) is 5.18. The molecule has 1 N–H and O–H groups in total. The number of hydrogen-bond acceptors (Lipinski definition) is 3. The van der Waals surface area contributed by atoms with Crippen LogP contribution >= 0.6 is 0 Å². The molecule has 2 saturated heterocycles. The summed E-state index contributed by atoms with van der Waals surface area (Å²) in [6.07, 6.45) is 1.56. The first kappa shape index (κ1) is 17.0. The second-order valence-electron chi connectivity index (χ2n) is 6.42. The van der Waals surface area contributed by atoms with Gasteiger partial charge in [0.15, 0.2) is 0 Å². The zero-order valence-electron chi connectivity index (χ0n) is 13.8. The van der Waals surface area contributed by atoms with Crippen molar-refractivity contribution in [2.75, 3.05) is 37.7 Å². The Hall–Kier alpha value is -1.89. The molecule has 0 bridgehead atoms. The van der Waals surface area contributed by atoms with Crippen molar-refractivity contribution in [1.82, 2.24) is 10.2 Å². The van der Waals surface area contributed by atoms with E-state index in [1.165, 1.54) is 12.1 Å². The lowest BCUT2D eigenvalue weighted by molar-refractivity contribution is 0.141. The Morgan fingerprint density at radius 3 is 2.88 bits per heavy atom. The third-order valence-corrected chi connectivity index (χ3v) is 4.72. The van der Waals surface area contributed by atoms with Crippen LogP contribution in [0.25, 0.3) is 0 Å². The highest BCUT2D eigenvalue weighted by Gasteiger charge is 2.29. The second kappa shape index (κ2) is 7.34. The maximum absolute atomic E-state index is 13.9. The van der Waals surface area contributed by atoms with E-state index in [9.17, 15) is 13.6 Å². The van der Waals surface area contributed by atoms with E-state index in [2.05, 4.69) is 5.32 Å². The number of rotatable bonds is 2. The largest absolute Gasteiger partial charge is 0.380 e. The van der Waals surface area contributed by atoms with Crippen molar-refractivity contribution < 1.29 is 18.3 Å². The van der Waals surface area contributed by atoms with Gasteiger partial charge in [-0.2, -0.15) is 0 Å². The first-order chi connectivity index (χ1) is 11.5. The number of ether oxygens (including phenoxy) is 1. The second-order valence-corrected chi connectivity index (χ2v) is 6.42. The molecule has 0 aliphatic carbocycles. The number of hydrogen-bond donors (Lipinski definition) is 1. The quantitative estimate of drug-likeness (QED) is 0.900. The van der Waals surface area contributed by atoms with Crippen LogP contribution in [0.5, 0.6) is 0 Å². The van der Waals surface area contributed by atoms with Gasteiger partial charge in [-0.3, -0.25) is 0 Å². The molecule has 132 valence electrons. The van der Waals surface area contributed by atoms with Crippen LogP contribution < -0.4 is 10.2 Å². The van der Waals surface area contributed by atoms with Gasteiger partial charge in [0.1, 0.15) is 11.6 Å². The molecule has 5 nitrogen and oxygen atoms in total. The van der Waals surface area contributed by atoms with Gasteiger partial charge in [-0.25, -0.2) is 13.6 Å². The van der Waals surface area contributed by atoms with E-state index >= 15 is 0 Å². The molecular formula is C17H23F2N3O2. The first-order valence-electron chi connectivity index (χ1n) is 8.39. The van der Waals surface area contributed by atoms with Gasteiger partial charge in [-0.05, 0) is 31.9 Å². The molecule has 1 aromatic carbocycles. The summed E-state index contributed by atoms with van der Waals surface area (Å²) < 4.78 is 32.3. The normalized spacial score (nSPS) is 24.8. The van der Waals surface area contributed by atoms with Crippen molar-refractivity contribution in [1.29, 1.82) is 0 Å². The molecule has 24 heavy (non-hydrogen) atoms. The molecule has 0 spiro atoms. The SMILES string of the molecule is C[C@H]1CCOCCN1C(=O)N[C@@H]1CCN(c2ccc(F)cc2F)C1. The highest BCUT2D eigenvalue weighted by molar-refractivity contribution is 5.75. The molecule has 2 amide bonds. The molecule has 0 saturated carbocycles. The molecule has 0 radical (unpaired) electrons. The summed E-state index contributed by atoms with van der Waals surface area (Å²) in [5, 5.41) is 3.03. The maximum Gasteiger partial charge on any atom is 0.317 e. The smallest absolute Gasteiger partial charge is 0.317 e. The minimum Gasteiger partial charge on any atom is -0.380 e. The van der Waals surface area contributed by atoms with Gasteiger partial charge in [-0.15, -0.1) is 0 Å². The average molecular weight is 339 g/mol. The fraction of sp³-hybridized carbons (Fsp3) is 0.588. The molecular weight excluding hydrogens is 316 g/mol. The number of nitrogens with one attached hydrogen (secondary N) is 1. The maximum atomic E-state index is 13.9. The highest BCUT2D eigenvalue weighted by Crippen LogP contribution is 2.24. The van der Waals surface area contributed by atoms with E-state index in [-0.39, 0.29) is 18.1 Å². The lowest BCUT2D eigenvalue weighted by Gasteiger charge is -2.28. The number of urea groups is 1. The van der Waals surface area contributed by atoms with Crippen molar-refractivity contribution in [2.45, 2.75) is 31.8 Å². The van der Waals surface area contributed by atoms with Crippen LogP contribution in [-0.4, -0.2) is 55.9 Å². The third kappa shape index (κ3) is 3.77. The van der Waals surface area contributed by atoms with E-state index < -0.39 is 11.6 Å². The molecule has 2 aliphatic heterocycles. The molecule has 2 aliphatic rings. The van der Waals surface area contributed by atoms with Crippen LogP contribution in [0, 0.1) is 11.6 Å². The van der Waals surface area contributed by atoms with Gasteiger partial charge < -0.3 is 19.9 Å². The summed E-state index contributed by atoms with van der Waals surface area (Å²) in [4.78, 5) is 16.1. The van der Waals surface area contributed by atoms with E-state index in [1.54, 1.807) is 4.90 Å². The number of carbonyl (C=O) groups is 1. The molecule has 3 rings (SSSR count). The number of nitrogens with zero attached hydrogens (tertiary/aromatic N) is 2. The van der Waals surface area contributed by atoms with Crippen molar-refractivity contribution in [3.63, 3.8) is 0 Å². The highest BCUT2D eigenvalue weighted by atomic mass is 19.1. The van der Waals surface area contributed by atoms with Gasteiger partial charge in [0, 0.05) is 44.4 Å². The van der Waals surface area contributed by atoms with Crippen molar-refractivity contribution in [2.24, 2.45) is 0 Å². The number of halogens is 2. The standard InChI is InChI=1S/C17H23F2N3O2/c1-12-5-8-24-9-7-22(12)17(23)20-14-4-6-21(11-14)16-3-2-13(18)10-15(16)19/h2-3,10,12,14H,4-9,11H2,1H3,(H,20,23)/t12-,14+/m0/s1. The summed E-state index contributed by atoms with van der Waals surface area (Å²) in [5.41, 5.74) is 0.379. The Morgan fingerprint density at radius 1 is 1.25 bits per heavy atom. The van der Waals surface area contributed by atoms with Crippen LogP contribution in [0.2, 0.25) is 0 Å². The number of carbonyl (C=O) groups excluding carboxylic acids is 1. The van der Waals surface area contributed by atoms with Gasteiger partial charge in [0.05, 0.1) is 12.3 Å². The molecule has 2 heterocycles. The van der Waals surface area contributed by atoms with Crippen LogP contribution in [0.1, 0.15) is 19.8 Å². The third-order valence-electron chi connectivity index (χ3n) is 4.72. The minimum absolute atomic E-state index is 0.0432. The fourth-order valence-corrected chi connectivity index (χ4v) is 3.29. The number of amides is 2. The van der Waals surface area contributed by atoms with Crippen LogP contribution in [0.15, 0.2) is 18.2 Å². The predicted octanol–water partition coefficient (Wildman–Crippen LogP) is 2.36. The lowest BCUT2D eigenvalue weighted by atomic mass is 10.2. The Bertz CT molecular complexity index is 599. The Balaban J connectivity index is 1.58. The van der Waals surface area contributed by atoms with E-state index in [0.717, 1.165) is 18.9 Å². The monoisotopic (exact) mass is 339 g/mol. The molecule has 2 fully saturated rings. The van der Waals surface area contributed by atoms with Gasteiger partial charge in [0.25, 0.3) is 0 Å². The summed E-state index contributed by atoms with van der Waals surface area (Å²) in [5.74, 6) is -1.15. The predicted molar refractivity (Wildman–Crippen MR) is 87.1 cm³/mol. The van der Waals surface area contributed by atoms with Gasteiger partial charge in [-0.1, -0.05) is 0 Å². The van der Waals surface area contributed by atoms with Gasteiger partial charge >= 0.3 is 6.03 Å². The molecule has 2 atom stereocenters. The van der Waals surface area contributed by atoms with E-state index in [0.29, 0.717) is 38.5 Å². The van der Waals surface area contributed by atoms with E-state index in [4.69, 9.17) is 4.74 Å². The fourth-order valence-electron chi connectivity index (χ4n) is 3.29. The molecule has 0 aromatic heterocycles. The topological polar surface area (TPSA) is 44.8 Å². The minimum atomic E-state index is -0.585. The summed E-state index contributed by atoms with van der Waals surface area (Å²) in [6, 6.07) is 3.59. The molecule has 1 aromatic rings. The van der Waals surface area contributed by atoms with Gasteiger partial charge in [0.2, 0.25) is 0 Å². The zero-order chi connectivity index (χ0) is 17.1. The van der Waals surface area contributed by atoms with E-state index in [1.807, 2.05) is 11.8 Å². The van der Waals surface area contributed by atoms with Crippen molar-refractivity contribution in [3.8, 4) is 0 Å². The van der Waals surface area contributed by atoms with Crippen molar-refractivity contribution >= 4 is 11.7 Å². The average Bonchev–Trinajstić information content (AvgIpc) is 2.87. The summed E-state index contributed by atoms with van der Waals surface area (Å²) in [7, 11) is 0. The number of benzene rings is 1.